The summed E-state index contributed by atoms with van der Waals surface area (Å²) in [6.07, 6.45) is 3.34. The summed E-state index contributed by atoms with van der Waals surface area (Å²) in [4.78, 5) is 23.9. The van der Waals surface area contributed by atoms with Gasteiger partial charge >= 0.3 is 5.97 Å². The van der Waals surface area contributed by atoms with E-state index in [-0.39, 0.29) is 5.69 Å². The first-order valence-corrected chi connectivity index (χ1v) is 8.27. The zero-order valence-corrected chi connectivity index (χ0v) is 14.9. The van der Waals surface area contributed by atoms with Crippen molar-refractivity contribution in [3.05, 3.63) is 78.6 Å². The maximum atomic E-state index is 13.5. The van der Waals surface area contributed by atoms with Gasteiger partial charge in [-0.2, -0.15) is 0 Å². The SMILES string of the molecule is C=CCOc1ccc(/C=C/C(=O)O[C@H](C)C(=O)Nc2ccccc2F)cc1. The first-order chi connectivity index (χ1) is 13.0. The van der Waals surface area contributed by atoms with Crippen molar-refractivity contribution in [3.63, 3.8) is 0 Å². The Labute approximate surface area is 157 Å². The Bertz CT molecular complexity index is 830. The van der Waals surface area contributed by atoms with Crippen LogP contribution in [0.5, 0.6) is 5.75 Å². The smallest absolute Gasteiger partial charge is 0.331 e. The molecule has 2 aromatic rings. The third kappa shape index (κ3) is 6.43. The summed E-state index contributed by atoms with van der Waals surface area (Å²) >= 11 is 0. The van der Waals surface area contributed by atoms with Crippen molar-refractivity contribution < 1.29 is 23.5 Å². The molecule has 140 valence electrons. The van der Waals surface area contributed by atoms with Crippen molar-refractivity contribution in [3.8, 4) is 5.75 Å². The van der Waals surface area contributed by atoms with Crippen molar-refractivity contribution in [2.45, 2.75) is 13.0 Å². The van der Waals surface area contributed by atoms with E-state index in [2.05, 4.69) is 11.9 Å². The van der Waals surface area contributed by atoms with E-state index >= 15 is 0 Å². The number of amides is 1. The molecule has 0 aliphatic carbocycles. The zero-order valence-electron chi connectivity index (χ0n) is 14.9. The largest absolute Gasteiger partial charge is 0.490 e. The van der Waals surface area contributed by atoms with Gasteiger partial charge in [0.05, 0.1) is 5.69 Å². The Kier molecular flexibility index (Phi) is 7.31. The third-order valence-electron chi connectivity index (χ3n) is 3.45. The molecule has 0 unspecified atom stereocenters. The number of ether oxygens (including phenoxy) is 2. The average Bonchev–Trinajstić information content (AvgIpc) is 2.67. The van der Waals surface area contributed by atoms with Crippen LogP contribution in [0, 0.1) is 5.82 Å². The van der Waals surface area contributed by atoms with Gasteiger partial charge in [-0.05, 0) is 42.8 Å². The van der Waals surface area contributed by atoms with Crippen molar-refractivity contribution in [1.29, 1.82) is 0 Å². The van der Waals surface area contributed by atoms with Gasteiger partial charge in [0.15, 0.2) is 6.10 Å². The van der Waals surface area contributed by atoms with Gasteiger partial charge in [-0.3, -0.25) is 4.79 Å². The molecule has 6 heteroatoms. The van der Waals surface area contributed by atoms with Crippen LogP contribution in [-0.4, -0.2) is 24.6 Å². The van der Waals surface area contributed by atoms with Crippen LogP contribution in [0.25, 0.3) is 6.08 Å². The summed E-state index contributed by atoms with van der Waals surface area (Å²) in [5, 5.41) is 2.38. The molecule has 0 bridgehead atoms. The monoisotopic (exact) mass is 369 g/mol. The maximum absolute atomic E-state index is 13.5. The Hall–Kier alpha value is -3.41. The van der Waals surface area contributed by atoms with Gasteiger partial charge in [0.1, 0.15) is 18.2 Å². The molecule has 0 saturated carbocycles. The average molecular weight is 369 g/mol. The molecule has 2 aromatic carbocycles. The second-order valence-electron chi connectivity index (χ2n) is 5.55. The minimum absolute atomic E-state index is 0.0275. The summed E-state index contributed by atoms with van der Waals surface area (Å²) in [6.45, 7) is 5.39. The first kappa shape index (κ1) is 19.9. The number of halogens is 1. The van der Waals surface area contributed by atoms with Crippen molar-refractivity contribution in [1.82, 2.24) is 0 Å². The van der Waals surface area contributed by atoms with Gasteiger partial charge in [0.2, 0.25) is 0 Å². The molecule has 0 heterocycles. The topological polar surface area (TPSA) is 64.6 Å². The Balaban J connectivity index is 1.86. The lowest BCUT2D eigenvalue weighted by Gasteiger charge is -2.12. The number of rotatable bonds is 8. The summed E-state index contributed by atoms with van der Waals surface area (Å²) in [7, 11) is 0. The lowest BCUT2D eigenvalue weighted by molar-refractivity contribution is -0.148. The van der Waals surface area contributed by atoms with Crippen LogP contribution in [0.4, 0.5) is 10.1 Å². The van der Waals surface area contributed by atoms with Crippen LogP contribution >= 0.6 is 0 Å². The number of hydrogen-bond donors (Lipinski definition) is 1. The quantitative estimate of drug-likeness (QED) is 0.434. The molecule has 1 amide bonds. The van der Waals surface area contributed by atoms with Crippen molar-refractivity contribution in [2.24, 2.45) is 0 Å². The first-order valence-electron chi connectivity index (χ1n) is 8.27. The van der Waals surface area contributed by atoms with E-state index in [4.69, 9.17) is 9.47 Å². The second kappa shape index (κ2) is 9.91. The number of carbonyl (C=O) groups excluding carboxylic acids is 2. The number of hydrogen-bond acceptors (Lipinski definition) is 4. The summed E-state index contributed by atoms with van der Waals surface area (Å²) in [6, 6.07) is 12.8. The fourth-order valence-electron chi connectivity index (χ4n) is 2.06. The van der Waals surface area contributed by atoms with Crippen LogP contribution in [0.15, 0.2) is 67.3 Å². The van der Waals surface area contributed by atoms with E-state index in [0.29, 0.717) is 12.4 Å². The Morgan fingerprint density at radius 3 is 2.56 bits per heavy atom. The van der Waals surface area contributed by atoms with Crippen LogP contribution in [0.3, 0.4) is 0 Å². The summed E-state index contributed by atoms with van der Waals surface area (Å²) in [5.74, 6) is -1.18. The van der Waals surface area contributed by atoms with Crippen LogP contribution in [0.1, 0.15) is 12.5 Å². The van der Waals surface area contributed by atoms with Crippen LogP contribution < -0.4 is 10.1 Å². The fourth-order valence-corrected chi connectivity index (χ4v) is 2.06. The van der Waals surface area contributed by atoms with Gasteiger partial charge in [-0.1, -0.05) is 36.9 Å². The van der Waals surface area contributed by atoms with Crippen LogP contribution in [0.2, 0.25) is 0 Å². The maximum Gasteiger partial charge on any atom is 0.331 e. The number of anilines is 1. The summed E-state index contributed by atoms with van der Waals surface area (Å²) in [5.41, 5.74) is 0.793. The second-order valence-corrected chi connectivity index (χ2v) is 5.55. The molecule has 27 heavy (non-hydrogen) atoms. The minimum Gasteiger partial charge on any atom is -0.490 e. The highest BCUT2D eigenvalue weighted by Gasteiger charge is 2.17. The molecule has 0 aliphatic heterocycles. The zero-order chi connectivity index (χ0) is 19.6. The predicted molar refractivity (Wildman–Crippen MR) is 102 cm³/mol. The number of esters is 1. The molecule has 1 atom stereocenters. The molecular formula is C21H20FNO4. The van der Waals surface area contributed by atoms with Gasteiger partial charge in [-0.15, -0.1) is 0 Å². The molecule has 0 radical (unpaired) electrons. The molecule has 0 saturated heterocycles. The Morgan fingerprint density at radius 1 is 1.19 bits per heavy atom. The highest BCUT2D eigenvalue weighted by atomic mass is 19.1. The molecular weight excluding hydrogens is 349 g/mol. The van der Waals surface area contributed by atoms with Crippen LogP contribution in [-0.2, 0) is 14.3 Å². The fraction of sp³-hybridized carbons (Fsp3) is 0.143. The molecule has 2 rings (SSSR count). The molecule has 0 aromatic heterocycles. The number of nitrogens with one attached hydrogen (secondary N) is 1. The highest BCUT2D eigenvalue weighted by molar-refractivity contribution is 5.96. The molecule has 0 spiro atoms. The standard InChI is InChI=1S/C21H20FNO4/c1-3-14-26-17-11-8-16(9-12-17)10-13-20(24)27-15(2)21(25)23-19-7-5-4-6-18(19)22/h3-13,15H,1,14H2,2H3,(H,23,25)/b13-10+/t15-/m1/s1. The minimum atomic E-state index is -1.07. The lowest BCUT2D eigenvalue weighted by Crippen LogP contribution is -2.29. The van der Waals surface area contributed by atoms with Gasteiger partial charge in [-0.25, -0.2) is 9.18 Å². The van der Waals surface area contributed by atoms with Gasteiger partial charge in [0.25, 0.3) is 5.91 Å². The van der Waals surface area contributed by atoms with Gasteiger partial charge < -0.3 is 14.8 Å². The third-order valence-corrected chi connectivity index (χ3v) is 3.45. The van der Waals surface area contributed by atoms with E-state index < -0.39 is 23.8 Å². The lowest BCUT2D eigenvalue weighted by atomic mass is 10.2. The Morgan fingerprint density at radius 2 is 1.89 bits per heavy atom. The van der Waals surface area contributed by atoms with Crippen molar-refractivity contribution >= 4 is 23.6 Å². The number of carbonyl (C=O) groups is 2. The number of benzene rings is 2. The van der Waals surface area contributed by atoms with E-state index in [1.807, 2.05) is 0 Å². The highest BCUT2D eigenvalue weighted by Crippen LogP contribution is 2.14. The summed E-state index contributed by atoms with van der Waals surface area (Å²) < 4.78 is 23.9. The molecule has 0 aliphatic rings. The molecule has 1 N–H and O–H groups in total. The van der Waals surface area contributed by atoms with E-state index in [9.17, 15) is 14.0 Å². The normalized spacial score (nSPS) is 11.6. The van der Waals surface area contributed by atoms with E-state index in [1.165, 1.54) is 31.2 Å². The number of para-hydroxylation sites is 1. The molecule has 5 nitrogen and oxygen atoms in total. The molecule has 0 fully saturated rings. The van der Waals surface area contributed by atoms with E-state index in [1.54, 1.807) is 42.5 Å². The van der Waals surface area contributed by atoms with E-state index in [0.717, 1.165) is 5.56 Å². The predicted octanol–water partition coefficient (Wildman–Crippen LogP) is 3.97. The van der Waals surface area contributed by atoms with Gasteiger partial charge in [0, 0.05) is 6.08 Å². The van der Waals surface area contributed by atoms with Crippen molar-refractivity contribution in [2.75, 3.05) is 11.9 Å².